The van der Waals surface area contributed by atoms with E-state index in [0.29, 0.717) is 17.0 Å². The van der Waals surface area contributed by atoms with Crippen molar-refractivity contribution in [1.82, 2.24) is 0 Å². The fourth-order valence-electron chi connectivity index (χ4n) is 6.99. The molecule has 5 rings (SSSR count). The highest BCUT2D eigenvalue weighted by Crippen LogP contribution is 2.55. The topological polar surface area (TPSA) is 158 Å². The Morgan fingerprint density at radius 3 is 2.23 bits per heavy atom. The molecule has 8 heteroatoms. The van der Waals surface area contributed by atoms with E-state index >= 15 is 0 Å². The Kier molecular flexibility index (Phi) is 6.45. The Morgan fingerprint density at radius 1 is 1.05 bits per heavy atom. The van der Waals surface area contributed by atoms with E-state index < -0.39 is 57.9 Å². The first-order chi connectivity index (χ1) is 18.7. The summed E-state index contributed by atoms with van der Waals surface area (Å²) in [5, 5.41) is 45.4. The zero-order chi connectivity index (χ0) is 29.4. The maximum Gasteiger partial charge on any atom is 0.255 e. The minimum Gasteiger partial charge on any atom is -0.508 e. The van der Waals surface area contributed by atoms with E-state index in [-0.39, 0.29) is 35.6 Å². The second-order valence-electron chi connectivity index (χ2n) is 12.0. The number of primary amides is 1. The number of aryl methyl sites for hydroxylation is 1. The molecule has 3 aliphatic rings. The molecule has 2 aromatic carbocycles. The average Bonchev–Trinajstić information content (AvgIpc) is 2.88. The van der Waals surface area contributed by atoms with Crippen molar-refractivity contribution >= 4 is 23.2 Å². The second-order valence-corrected chi connectivity index (χ2v) is 12.0. The molecule has 0 unspecified atom stereocenters. The number of phenolic OH excluding ortho intramolecular Hbond substituents is 1. The summed E-state index contributed by atoms with van der Waals surface area (Å²) in [6.45, 7) is 9.39. The first-order valence-corrected chi connectivity index (χ1v) is 13.7. The van der Waals surface area contributed by atoms with Crippen molar-refractivity contribution in [2.24, 2.45) is 29.4 Å². The van der Waals surface area contributed by atoms with Gasteiger partial charge in [0, 0.05) is 17.4 Å². The summed E-state index contributed by atoms with van der Waals surface area (Å²) >= 11 is 0. The summed E-state index contributed by atoms with van der Waals surface area (Å²) in [7, 11) is 0. The maximum absolute atomic E-state index is 14.0. The normalized spacial score (nSPS) is 26.2. The van der Waals surface area contributed by atoms with Crippen molar-refractivity contribution in [3.8, 4) is 16.9 Å². The number of Topliss-reactive ketones (excluding diaryl/α,β-unsaturated/α-hetero) is 2. The summed E-state index contributed by atoms with van der Waals surface area (Å²) in [6, 6.07) is 9.91. The molecular formula is C32H35NO7. The Bertz CT molecular complexity index is 1530. The fourth-order valence-corrected chi connectivity index (χ4v) is 6.99. The summed E-state index contributed by atoms with van der Waals surface area (Å²) < 4.78 is 0. The third-order valence-corrected chi connectivity index (χ3v) is 9.05. The Hall–Kier alpha value is -3.91. The SMILES string of the molecule is Cc1cc(-c2ccc(C(C)C)cc2)c2c(c1O)C(O)=C1C(=O)[C@]3(O)C(O)=C(C(N)=O)C(=O)[C@@H](C(C)C)[C@@H]3C[C@@H]1C2. The van der Waals surface area contributed by atoms with Crippen molar-refractivity contribution in [2.45, 2.75) is 59.0 Å². The van der Waals surface area contributed by atoms with E-state index in [1.165, 1.54) is 5.56 Å². The molecule has 0 radical (unpaired) electrons. The van der Waals surface area contributed by atoms with E-state index in [1.807, 2.05) is 30.3 Å². The molecule has 0 heterocycles. The summed E-state index contributed by atoms with van der Waals surface area (Å²) in [6.07, 6.45) is 0.348. The van der Waals surface area contributed by atoms with Crippen LogP contribution in [0, 0.1) is 30.6 Å². The average molecular weight is 546 g/mol. The van der Waals surface area contributed by atoms with Gasteiger partial charge in [-0.3, -0.25) is 14.4 Å². The first-order valence-electron chi connectivity index (χ1n) is 13.7. The number of amides is 1. The van der Waals surface area contributed by atoms with Crippen LogP contribution in [-0.4, -0.2) is 43.5 Å². The lowest BCUT2D eigenvalue weighted by Crippen LogP contribution is -2.62. The number of aromatic hydroxyl groups is 1. The first kappa shape index (κ1) is 27.6. The molecule has 0 aliphatic heterocycles. The van der Waals surface area contributed by atoms with Gasteiger partial charge in [-0.1, -0.05) is 52.0 Å². The number of carbonyl (C=O) groups excluding carboxylic acids is 3. The zero-order valence-electron chi connectivity index (χ0n) is 23.3. The molecule has 1 saturated carbocycles. The molecule has 3 aliphatic carbocycles. The van der Waals surface area contributed by atoms with Gasteiger partial charge < -0.3 is 26.2 Å². The van der Waals surface area contributed by atoms with Crippen LogP contribution in [-0.2, 0) is 20.8 Å². The predicted molar refractivity (Wildman–Crippen MR) is 149 cm³/mol. The smallest absolute Gasteiger partial charge is 0.255 e. The van der Waals surface area contributed by atoms with E-state index in [4.69, 9.17) is 5.73 Å². The molecule has 210 valence electrons. The van der Waals surface area contributed by atoms with Crippen LogP contribution < -0.4 is 5.73 Å². The molecule has 4 atom stereocenters. The van der Waals surface area contributed by atoms with E-state index in [0.717, 1.165) is 11.1 Å². The number of hydrogen-bond acceptors (Lipinski definition) is 7. The molecule has 0 bridgehead atoms. The van der Waals surface area contributed by atoms with Crippen molar-refractivity contribution in [1.29, 1.82) is 0 Å². The highest BCUT2D eigenvalue weighted by molar-refractivity contribution is 6.23. The van der Waals surface area contributed by atoms with Crippen LogP contribution in [0.2, 0.25) is 0 Å². The monoisotopic (exact) mass is 545 g/mol. The number of benzene rings is 2. The minimum absolute atomic E-state index is 0.0894. The molecule has 0 spiro atoms. The lowest BCUT2D eigenvalue weighted by atomic mass is 9.54. The van der Waals surface area contributed by atoms with Gasteiger partial charge >= 0.3 is 0 Å². The number of nitrogens with two attached hydrogens (primary N) is 1. The van der Waals surface area contributed by atoms with Gasteiger partial charge in [0.1, 0.15) is 22.8 Å². The number of carbonyl (C=O) groups is 3. The Labute approximate surface area is 232 Å². The van der Waals surface area contributed by atoms with E-state index in [2.05, 4.69) is 13.8 Å². The number of phenols is 1. The summed E-state index contributed by atoms with van der Waals surface area (Å²) in [5.41, 5.74) is 5.98. The summed E-state index contributed by atoms with van der Waals surface area (Å²) in [5.74, 6) is -7.27. The second kappa shape index (κ2) is 9.34. The largest absolute Gasteiger partial charge is 0.508 e. The lowest BCUT2D eigenvalue weighted by Gasteiger charge is -2.50. The van der Waals surface area contributed by atoms with Gasteiger partial charge in [0.25, 0.3) is 5.91 Å². The van der Waals surface area contributed by atoms with Crippen LogP contribution in [0.4, 0.5) is 0 Å². The van der Waals surface area contributed by atoms with Gasteiger partial charge in [-0.25, -0.2) is 0 Å². The van der Waals surface area contributed by atoms with Crippen LogP contribution in [0.3, 0.4) is 0 Å². The lowest BCUT2D eigenvalue weighted by molar-refractivity contribution is -0.155. The molecule has 8 nitrogen and oxygen atoms in total. The molecule has 6 N–H and O–H groups in total. The molecule has 40 heavy (non-hydrogen) atoms. The third-order valence-electron chi connectivity index (χ3n) is 9.05. The zero-order valence-corrected chi connectivity index (χ0v) is 23.3. The number of rotatable bonds is 4. The van der Waals surface area contributed by atoms with Crippen molar-refractivity contribution < 1.29 is 34.8 Å². The van der Waals surface area contributed by atoms with Crippen LogP contribution >= 0.6 is 0 Å². The van der Waals surface area contributed by atoms with Crippen LogP contribution in [0.1, 0.15) is 62.3 Å². The molecule has 1 amide bonds. The van der Waals surface area contributed by atoms with Crippen LogP contribution in [0.5, 0.6) is 5.75 Å². The van der Waals surface area contributed by atoms with Gasteiger partial charge in [0.2, 0.25) is 5.78 Å². The Morgan fingerprint density at radius 2 is 1.68 bits per heavy atom. The number of aliphatic hydroxyl groups is 3. The molecule has 0 saturated heterocycles. The van der Waals surface area contributed by atoms with Crippen LogP contribution in [0.15, 0.2) is 47.2 Å². The van der Waals surface area contributed by atoms with Gasteiger partial charge in [0.15, 0.2) is 11.4 Å². The van der Waals surface area contributed by atoms with E-state index in [1.54, 1.807) is 20.8 Å². The van der Waals surface area contributed by atoms with Gasteiger partial charge in [-0.2, -0.15) is 0 Å². The van der Waals surface area contributed by atoms with Crippen molar-refractivity contribution in [3.05, 3.63) is 69.5 Å². The number of ketones is 2. The van der Waals surface area contributed by atoms with Gasteiger partial charge in [-0.15, -0.1) is 0 Å². The van der Waals surface area contributed by atoms with Crippen molar-refractivity contribution in [3.63, 3.8) is 0 Å². The summed E-state index contributed by atoms with van der Waals surface area (Å²) in [4.78, 5) is 39.5. The molecule has 0 aromatic heterocycles. The van der Waals surface area contributed by atoms with Gasteiger partial charge in [-0.05, 0) is 71.4 Å². The predicted octanol–water partition coefficient (Wildman–Crippen LogP) is 4.40. The third kappa shape index (κ3) is 3.73. The van der Waals surface area contributed by atoms with E-state index in [9.17, 15) is 34.8 Å². The standard InChI is InChI=1S/C32H35NO7/c1-13(2)16-6-8-17(9-7-16)19-10-15(5)26(34)24-20(19)11-18-12-21-22(14(3)4)27(35)25(31(33)39)30(38)32(21,40)29(37)23(18)28(24)36/h6-10,13-14,18,21-22,34,36,38,40H,11-12H2,1-5H3,(H2,33,39)/t18-,21-,22-,32-/m0/s1. The Balaban J connectivity index is 1.73. The molecule has 2 aromatic rings. The van der Waals surface area contributed by atoms with Crippen molar-refractivity contribution in [2.75, 3.05) is 0 Å². The highest BCUT2D eigenvalue weighted by Gasteiger charge is 2.64. The van der Waals surface area contributed by atoms with Gasteiger partial charge in [0.05, 0.1) is 5.56 Å². The molecular weight excluding hydrogens is 510 g/mol. The minimum atomic E-state index is -2.61. The number of hydrogen-bond donors (Lipinski definition) is 5. The highest BCUT2D eigenvalue weighted by atomic mass is 16.3. The number of fused-ring (bicyclic) bond motifs is 3. The number of aliphatic hydroxyl groups excluding tert-OH is 2. The van der Waals surface area contributed by atoms with Crippen LogP contribution in [0.25, 0.3) is 16.9 Å². The molecule has 1 fully saturated rings. The fraction of sp³-hybridized carbons (Fsp3) is 0.406. The maximum atomic E-state index is 14.0. The quantitative estimate of drug-likeness (QED) is 0.356.